The third-order valence-corrected chi connectivity index (χ3v) is 2.73. The first-order valence-corrected chi connectivity index (χ1v) is 5.22. The number of hydrogen-bond acceptors (Lipinski definition) is 3. The molecular formula is C11H13FN2O3. The molecule has 2 rings (SSSR count). The highest BCUT2D eigenvalue weighted by Gasteiger charge is 2.25. The van der Waals surface area contributed by atoms with E-state index in [9.17, 15) is 9.18 Å². The lowest BCUT2D eigenvalue weighted by molar-refractivity contribution is -0.0233. The Morgan fingerprint density at radius 2 is 2.35 bits per heavy atom. The van der Waals surface area contributed by atoms with Crippen molar-refractivity contribution < 1.29 is 19.0 Å². The fourth-order valence-electron chi connectivity index (χ4n) is 1.77. The van der Waals surface area contributed by atoms with E-state index in [1.165, 1.54) is 17.0 Å². The van der Waals surface area contributed by atoms with Gasteiger partial charge in [0, 0.05) is 6.54 Å². The van der Waals surface area contributed by atoms with E-state index in [-0.39, 0.29) is 12.2 Å². The Morgan fingerprint density at radius 1 is 1.59 bits per heavy atom. The fourth-order valence-corrected chi connectivity index (χ4v) is 1.77. The van der Waals surface area contributed by atoms with Crippen LogP contribution in [0.15, 0.2) is 18.2 Å². The minimum absolute atomic E-state index is 0.0691. The van der Waals surface area contributed by atoms with Crippen LogP contribution in [0.2, 0.25) is 0 Å². The summed E-state index contributed by atoms with van der Waals surface area (Å²) in [5, 5.41) is 8.88. The van der Waals surface area contributed by atoms with Gasteiger partial charge in [0.05, 0.1) is 18.8 Å². The molecule has 1 unspecified atom stereocenters. The van der Waals surface area contributed by atoms with Crippen LogP contribution >= 0.6 is 0 Å². The van der Waals surface area contributed by atoms with Crippen molar-refractivity contribution in [3.63, 3.8) is 0 Å². The Hall–Kier alpha value is -1.82. The van der Waals surface area contributed by atoms with Crippen molar-refractivity contribution in [3.05, 3.63) is 29.6 Å². The molecule has 3 N–H and O–H groups in total. The minimum atomic E-state index is -0.991. The normalized spacial score (nSPS) is 20.3. The number of amides is 1. The molecule has 1 aromatic carbocycles. The highest BCUT2D eigenvalue weighted by atomic mass is 19.1. The maximum absolute atomic E-state index is 13.3. The van der Waals surface area contributed by atoms with Gasteiger partial charge in [-0.05, 0) is 17.7 Å². The molecular weight excluding hydrogens is 227 g/mol. The van der Waals surface area contributed by atoms with Gasteiger partial charge in [-0.2, -0.15) is 0 Å². The predicted molar refractivity (Wildman–Crippen MR) is 59.1 cm³/mol. The maximum Gasteiger partial charge on any atom is 0.407 e. The van der Waals surface area contributed by atoms with Crippen LogP contribution in [0, 0.1) is 5.82 Å². The quantitative estimate of drug-likeness (QED) is 0.728. The van der Waals surface area contributed by atoms with Crippen LogP contribution in [-0.2, 0) is 4.74 Å². The summed E-state index contributed by atoms with van der Waals surface area (Å²) in [6, 6.07) is 4.38. The average molecular weight is 240 g/mol. The van der Waals surface area contributed by atoms with Gasteiger partial charge in [0.2, 0.25) is 0 Å². The maximum atomic E-state index is 13.3. The lowest BCUT2D eigenvalue weighted by atomic mass is 10.1. The Morgan fingerprint density at radius 3 is 3.00 bits per heavy atom. The number of benzene rings is 1. The molecule has 17 heavy (non-hydrogen) atoms. The Bertz CT molecular complexity index is 439. The number of carboxylic acid groups (broad SMARTS) is 1. The second-order valence-electron chi connectivity index (χ2n) is 3.87. The molecule has 1 aliphatic rings. The number of hydrogen-bond donors (Lipinski definition) is 2. The molecule has 1 atom stereocenters. The van der Waals surface area contributed by atoms with Crippen molar-refractivity contribution in [2.24, 2.45) is 0 Å². The Balaban J connectivity index is 2.16. The molecule has 1 saturated heterocycles. The topological polar surface area (TPSA) is 75.8 Å². The molecule has 0 radical (unpaired) electrons. The van der Waals surface area contributed by atoms with Gasteiger partial charge in [-0.1, -0.05) is 6.07 Å². The summed E-state index contributed by atoms with van der Waals surface area (Å²) >= 11 is 0. The molecule has 6 heteroatoms. The van der Waals surface area contributed by atoms with Crippen molar-refractivity contribution in [2.45, 2.75) is 6.10 Å². The number of carbonyl (C=O) groups is 1. The van der Waals surface area contributed by atoms with Crippen LogP contribution in [0.5, 0.6) is 0 Å². The molecule has 1 heterocycles. The standard InChI is InChI=1S/C11H13FN2O3/c12-8-5-7(1-2-9(8)13)10-6-14(11(15)16)3-4-17-10/h1-2,5,10H,3-4,6,13H2,(H,15,16). The largest absolute Gasteiger partial charge is 0.465 e. The van der Waals surface area contributed by atoms with E-state index in [1.807, 2.05) is 0 Å². The molecule has 0 saturated carbocycles. The molecule has 1 aliphatic heterocycles. The fraction of sp³-hybridized carbons (Fsp3) is 0.364. The predicted octanol–water partition coefficient (Wildman–Crippen LogP) is 1.46. The number of nitrogen functional groups attached to an aromatic ring is 1. The second kappa shape index (κ2) is 4.58. The molecule has 1 amide bonds. The first-order valence-electron chi connectivity index (χ1n) is 5.22. The van der Waals surface area contributed by atoms with Gasteiger partial charge in [0.15, 0.2) is 0 Å². The number of halogens is 1. The van der Waals surface area contributed by atoms with Crippen molar-refractivity contribution in [3.8, 4) is 0 Å². The number of anilines is 1. The van der Waals surface area contributed by atoms with Crippen LogP contribution in [0.25, 0.3) is 0 Å². The summed E-state index contributed by atoms with van der Waals surface area (Å²) in [5.74, 6) is -0.515. The van der Waals surface area contributed by atoms with Crippen molar-refractivity contribution >= 4 is 11.8 Å². The van der Waals surface area contributed by atoms with Crippen molar-refractivity contribution in [1.29, 1.82) is 0 Å². The summed E-state index contributed by atoms with van der Waals surface area (Å²) in [5.41, 5.74) is 6.04. The SMILES string of the molecule is Nc1ccc(C2CN(C(=O)O)CCO2)cc1F. The second-order valence-corrected chi connectivity index (χ2v) is 3.87. The summed E-state index contributed by atoms with van der Waals surface area (Å²) in [6.07, 6.45) is -1.43. The average Bonchev–Trinajstić information content (AvgIpc) is 2.33. The van der Waals surface area contributed by atoms with E-state index in [0.29, 0.717) is 18.7 Å². The van der Waals surface area contributed by atoms with Gasteiger partial charge in [0.25, 0.3) is 0 Å². The van der Waals surface area contributed by atoms with Gasteiger partial charge in [-0.3, -0.25) is 0 Å². The van der Waals surface area contributed by atoms with E-state index in [4.69, 9.17) is 15.6 Å². The summed E-state index contributed by atoms with van der Waals surface area (Å²) in [7, 11) is 0. The van der Waals surface area contributed by atoms with Gasteiger partial charge < -0.3 is 20.5 Å². The van der Waals surface area contributed by atoms with E-state index in [2.05, 4.69) is 0 Å². The van der Waals surface area contributed by atoms with E-state index in [1.54, 1.807) is 6.07 Å². The zero-order chi connectivity index (χ0) is 12.4. The highest BCUT2D eigenvalue weighted by molar-refractivity contribution is 5.65. The first kappa shape index (κ1) is 11.7. The molecule has 0 aliphatic carbocycles. The molecule has 5 nitrogen and oxygen atoms in total. The van der Waals surface area contributed by atoms with Crippen LogP contribution in [0.1, 0.15) is 11.7 Å². The molecule has 0 bridgehead atoms. The zero-order valence-corrected chi connectivity index (χ0v) is 9.10. The van der Waals surface area contributed by atoms with Gasteiger partial charge >= 0.3 is 6.09 Å². The summed E-state index contributed by atoms with van der Waals surface area (Å²) < 4.78 is 18.7. The molecule has 92 valence electrons. The monoisotopic (exact) mass is 240 g/mol. The number of rotatable bonds is 1. The minimum Gasteiger partial charge on any atom is -0.465 e. The third-order valence-electron chi connectivity index (χ3n) is 2.73. The van der Waals surface area contributed by atoms with Crippen molar-refractivity contribution in [1.82, 2.24) is 4.90 Å². The lowest BCUT2D eigenvalue weighted by Gasteiger charge is -2.31. The summed E-state index contributed by atoms with van der Waals surface area (Å²) in [4.78, 5) is 12.1. The first-order chi connectivity index (χ1) is 8.08. The third kappa shape index (κ3) is 2.47. The van der Waals surface area contributed by atoms with Crippen molar-refractivity contribution in [2.75, 3.05) is 25.4 Å². The molecule has 0 spiro atoms. The smallest absolute Gasteiger partial charge is 0.407 e. The highest BCUT2D eigenvalue weighted by Crippen LogP contribution is 2.24. The van der Waals surface area contributed by atoms with Gasteiger partial charge in [0.1, 0.15) is 11.9 Å². The van der Waals surface area contributed by atoms with Crippen LogP contribution in [0.4, 0.5) is 14.9 Å². The van der Waals surface area contributed by atoms with E-state index >= 15 is 0 Å². The Kier molecular flexibility index (Phi) is 3.14. The zero-order valence-electron chi connectivity index (χ0n) is 9.10. The van der Waals surface area contributed by atoms with E-state index < -0.39 is 18.0 Å². The number of morpholine rings is 1. The number of nitrogens with zero attached hydrogens (tertiary/aromatic N) is 1. The van der Waals surface area contributed by atoms with Crippen LogP contribution in [0.3, 0.4) is 0 Å². The van der Waals surface area contributed by atoms with Crippen LogP contribution in [-0.4, -0.2) is 35.8 Å². The molecule has 0 aromatic heterocycles. The lowest BCUT2D eigenvalue weighted by Crippen LogP contribution is -2.41. The van der Waals surface area contributed by atoms with Gasteiger partial charge in [-0.25, -0.2) is 9.18 Å². The molecule has 1 fully saturated rings. The van der Waals surface area contributed by atoms with Crippen LogP contribution < -0.4 is 5.73 Å². The van der Waals surface area contributed by atoms with Gasteiger partial charge in [-0.15, -0.1) is 0 Å². The Labute approximate surface area is 97.6 Å². The van der Waals surface area contributed by atoms with E-state index in [0.717, 1.165) is 0 Å². The number of nitrogens with two attached hydrogens (primary N) is 1. The summed E-state index contributed by atoms with van der Waals surface area (Å²) in [6.45, 7) is 0.852. The molecule has 1 aromatic rings. The number of ether oxygens (including phenoxy) is 1.